The predicted molar refractivity (Wildman–Crippen MR) is 145 cm³/mol. The molecule has 6 rings (SSSR count). The third kappa shape index (κ3) is 4.66. The number of carbonyl (C=O) groups excluding carboxylic acids is 1. The van der Waals surface area contributed by atoms with Crippen molar-refractivity contribution in [3.63, 3.8) is 0 Å². The highest BCUT2D eigenvalue weighted by Crippen LogP contribution is 2.18. The molecule has 0 saturated heterocycles. The van der Waals surface area contributed by atoms with Crippen LogP contribution in [-0.2, 0) is 19.5 Å². The molecule has 2 aromatic carbocycles. The summed E-state index contributed by atoms with van der Waals surface area (Å²) in [6.45, 7) is 3.96. The Kier molecular flexibility index (Phi) is 6.28. The molecule has 1 N–H and O–H groups in total. The first-order valence-corrected chi connectivity index (χ1v) is 12.8. The van der Waals surface area contributed by atoms with Gasteiger partial charge in [-0.15, -0.1) is 0 Å². The lowest BCUT2D eigenvalue weighted by atomic mass is 10.00. The number of carbonyl (C=O) groups is 1. The van der Waals surface area contributed by atoms with Crippen molar-refractivity contribution in [2.75, 3.05) is 19.6 Å². The minimum absolute atomic E-state index is 0.0942. The minimum atomic E-state index is -0.105. The molecule has 7 heteroatoms. The van der Waals surface area contributed by atoms with Gasteiger partial charge in [0.1, 0.15) is 5.52 Å². The zero-order valence-electron chi connectivity index (χ0n) is 20.6. The van der Waals surface area contributed by atoms with Crippen molar-refractivity contribution in [3.05, 3.63) is 118 Å². The fourth-order valence-corrected chi connectivity index (χ4v) is 5.28. The van der Waals surface area contributed by atoms with Gasteiger partial charge in [0.05, 0.1) is 12.1 Å². The van der Waals surface area contributed by atoms with Crippen LogP contribution in [0, 0.1) is 0 Å². The quantitative estimate of drug-likeness (QED) is 0.351. The van der Waals surface area contributed by atoms with Gasteiger partial charge >= 0.3 is 0 Å². The van der Waals surface area contributed by atoms with E-state index < -0.39 is 0 Å². The van der Waals surface area contributed by atoms with Crippen molar-refractivity contribution in [1.82, 2.24) is 24.2 Å². The maximum Gasteiger partial charge on any atom is 0.276 e. The van der Waals surface area contributed by atoms with Crippen LogP contribution in [0.25, 0.3) is 16.7 Å². The van der Waals surface area contributed by atoms with E-state index in [0.717, 1.165) is 43.6 Å². The van der Waals surface area contributed by atoms with Crippen LogP contribution in [0.2, 0.25) is 0 Å². The Labute approximate surface area is 215 Å². The Morgan fingerprint density at radius 3 is 2.73 bits per heavy atom. The molecule has 1 amide bonds. The van der Waals surface area contributed by atoms with Crippen molar-refractivity contribution >= 4 is 22.6 Å². The molecule has 0 unspecified atom stereocenters. The summed E-state index contributed by atoms with van der Waals surface area (Å²) in [5.41, 5.74) is 6.32. The Balaban J connectivity index is 1.11. The first-order valence-electron chi connectivity index (χ1n) is 12.8. The van der Waals surface area contributed by atoms with E-state index in [1.165, 1.54) is 11.1 Å². The molecule has 1 aliphatic heterocycles. The normalized spacial score (nSPS) is 13.6. The molecule has 186 valence electrons. The molecule has 7 nitrogen and oxygen atoms in total. The molecular formula is C30H29N5O2. The summed E-state index contributed by atoms with van der Waals surface area (Å²) in [5.74, 6) is -0.0942. The summed E-state index contributed by atoms with van der Waals surface area (Å²) in [6.07, 6.45) is 5.55. The van der Waals surface area contributed by atoms with Gasteiger partial charge < -0.3 is 9.72 Å². The topological polar surface area (TPSA) is 71.6 Å². The summed E-state index contributed by atoms with van der Waals surface area (Å²) >= 11 is 0. The number of amides is 1. The van der Waals surface area contributed by atoms with Crippen LogP contribution in [0.4, 0.5) is 0 Å². The van der Waals surface area contributed by atoms with Gasteiger partial charge in [0.15, 0.2) is 5.65 Å². The summed E-state index contributed by atoms with van der Waals surface area (Å²) in [4.78, 5) is 33.0. The van der Waals surface area contributed by atoms with Crippen LogP contribution in [0.3, 0.4) is 0 Å². The second-order valence-corrected chi connectivity index (χ2v) is 9.61. The van der Waals surface area contributed by atoms with E-state index in [9.17, 15) is 9.59 Å². The van der Waals surface area contributed by atoms with E-state index in [4.69, 9.17) is 0 Å². The van der Waals surface area contributed by atoms with E-state index in [0.29, 0.717) is 29.8 Å². The van der Waals surface area contributed by atoms with Gasteiger partial charge in [-0.3, -0.25) is 19.1 Å². The number of pyridine rings is 1. The smallest absolute Gasteiger partial charge is 0.276 e. The second kappa shape index (κ2) is 10.0. The maximum atomic E-state index is 13.2. The van der Waals surface area contributed by atoms with Gasteiger partial charge in [0, 0.05) is 44.1 Å². The van der Waals surface area contributed by atoms with E-state index in [-0.39, 0.29) is 11.5 Å². The molecule has 0 aliphatic carbocycles. The number of nitrogens with zero attached hydrogens (tertiary/aromatic N) is 4. The molecule has 3 aromatic heterocycles. The third-order valence-corrected chi connectivity index (χ3v) is 7.17. The fraction of sp³-hybridized carbons (Fsp3) is 0.233. The number of hydrogen-bond acceptors (Lipinski definition) is 4. The highest BCUT2D eigenvalue weighted by molar-refractivity contribution is 5.94. The molecule has 0 bridgehead atoms. The molecule has 0 fully saturated rings. The Morgan fingerprint density at radius 1 is 0.946 bits per heavy atom. The average Bonchev–Trinajstić information content (AvgIpc) is 3.44. The molecule has 0 atom stereocenters. The molecule has 4 heterocycles. The predicted octanol–water partition coefficient (Wildman–Crippen LogP) is 3.88. The molecule has 0 radical (unpaired) electrons. The lowest BCUT2D eigenvalue weighted by Gasteiger charge is -2.28. The van der Waals surface area contributed by atoms with Gasteiger partial charge in [-0.25, -0.2) is 4.98 Å². The Morgan fingerprint density at radius 2 is 1.81 bits per heavy atom. The number of aromatic nitrogens is 3. The lowest BCUT2D eigenvalue weighted by Crippen LogP contribution is -2.33. The second-order valence-electron chi connectivity index (χ2n) is 9.61. The lowest BCUT2D eigenvalue weighted by molar-refractivity contribution is 0.0951. The first-order chi connectivity index (χ1) is 18.2. The van der Waals surface area contributed by atoms with Crippen molar-refractivity contribution in [2.24, 2.45) is 0 Å². The number of fused-ring (bicyclic) bond motifs is 4. The Hall–Kier alpha value is -4.23. The largest absolute Gasteiger partial charge is 0.352 e. The van der Waals surface area contributed by atoms with Crippen LogP contribution in [0.5, 0.6) is 0 Å². The zero-order chi connectivity index (χ0) is 25.2. The van der Waals surface area contributed by atoms with Crippen LogP contribution >= 0.6 is 0 Å². The van der Waals surface area contributed by atoms with E-state index in [1.807, 2.05) is 59.1 Å². The van der Waals surface area contributed by atoms with Crippen LogP contribution in [0.15, 0.2) is 90.0 Å². The average molecular weight is 492 g/mol. The van der Waals surface area contributed by atoms with E-state index in [2.05, 4.69) is 39.5 Å². The highest BCUT2D eigenvalue weighted by Gasteiger charge is 2.16. The van der Waals surface area contributed by atoms with Crippen molar-refractivity contribution in [2.45, 2.75) is 25.9 Å². The summed E-state index contributed by atoms with van der Waals surface area (Å²) in [7, 11) is 0. The van der Waals surface area contributed by atoms with Crippen molar-refractivity contribution in [1.29, 1.82) is 0 Å². The van der Waals surface area contributed by atoms with Gasteiger partial charge in [0.25, 0.3) is 11.5 Å². The summed E-state index contributed by atoms with van der Waals surface area (Å²) in [6, 6.07) is 23.6. The molecule has 1 aliphatic rings. The number of hydrogen-bond donors (Lipinski definition) is 1. The van der Waals surface area contributed by atoms with Crippen LogP contribution < -0.4 is 10.9 Å². The maximum absolute atomic E-state index is 13.2. The molecule has 0 spiro atoms. The zero-order valence-corrected chi connectivity index (χ0v) is 20.6. The van der Waals surface area contributed by atoms with Gasteiger partial charge in [-0.1, -0.05) is 36.4 Å². The molecular weight excluding hydrogens is 462 g/mol. The molecule has 5 aromatic rings. The van der Waals surface area contributed by atoms with E-state index in [1.54, 1.807) is 10.8 Å². The SMILES string of the molecule is O=C(NCCCN1CCc2ccccc2C1)c1cccc(Cn2c(=O)c3cccn3c3cccnc32)c1. The Bertz CT molecular complexity index is 1650. The van der Waals surface area contributed by atoms with Gasteiger partial charge in [0.2, 0.25) is 0 Å². The first kappa shape index (κ1) is 23.2. The number of rotatable bonds is 7. The number of benzene rings is 2. The molecule has 0 saturated carbocycles. The summed E-state index contributed by atoms with van der Waals surface area (Å²) < 4.78 is 3.55. The standard InChI is InChI=1S/C30H29N5O2/c36-29(32-15-6-16-33-18-13-23-8-1-2-9-25(23)21-33)24-10-3-7-22(19-24)20-35-28-26(11-4-14-31-28)34-17-5-12-27(34)30(35)37/h1-5,7-12,14,17,19H,6,13,15-16,18,20-21H2,(H,32,36). The molecule has 37 heavy (non-hydrogen) atoms. The monoisotopic (exact) mass is 491 g/mol. The van der Waals surface area contributed by atoms with Crippen molar-refractivity contribution in [3.8, 4) is 0 Å². The minimum Gasteiger partial charge on any atom is -0.352 e. The summed E-state index contributed by atoms with van der Waals surface area (Å²) in [5, 5.41) is 3.06. The third-order valence-electron chi connectivity index (χ3n) is 7.17. The van der Waals surface area contributed by atoms with Crippen molar-refractivity contribution < 1.29 is 4.79 Å². The number of nitrogens with one attached hydrogen (secondary N) is 1. The van der Waals surface area contributed by atoms with Crippen LogP contribution in [0.1, 0.15) is 33.5 Å². The van der Waals surface area contributed by atoms with E-state index >= 15 is 0 Å². The van der Waals surface area contributed by atoms with Crippen LogP contribution in [-0.4, -0.2) is 44.4 Å². The van der Waals surface area contributed by atoms with Gasteiger partial charge in [-0.2, -0.15) is 0 Å². The van der Waals surface area contributed by atoms with Gasteiger partial charge in [-0.05, 0) is 65.9 Å². The highest BCUT2D eigenvalue weighted by atomic mass is 16.1. The fourth-order valence-electron chi connectivity index (χ4n) is 5.28.